The number of carbonyl (C=O) groups is 1. The van der Waals surface area contributed by atoms with Gasteiger partial charge in [0.05, 0.1) is 6.10 Å². The van der Waals surface area contributed by atoms with Gasteiger partial charge in [-0.15, -0.1) is 0 Å². The van der Waals surface area contributed by atoms with Gasteiger partial charge in [-0.2, -0.15) is 0 Å². The van der Waals surface area contributed by atoms with Crippen molar-refractivity contribution in [1.29, 1.82) is 0 Å². The zero-order chi connectivity index (χ0) is 15.9. The van der Waals surface area contributed by atoms with Gasteiger partial charge in [-0.3, -0.25) is 9.69 Å². The zero-order valence-electron chi connectivity index (χ0n) is 13.1. The highest BCUT2D eigenvalue weighted by molar-refractivity contribution is 6.30. The van der Waals surface area contributed by atoms with Crippen molar-refractivity contribution in [1.82, 2.24) is 10.2 Å². The van der Waals surface area contributed by atoms with Gasteiger partial charge in [0.15, 0.2) is 0 Å². The van der Waals surface area contributed by atoms with E-state index in [1.54, 1.807) is 12.1 Å². The average Bonchev–Trinajstić information content (AvgIpc) is 2.47. The number of nitrogens with one attached hydrogen (secondary N) is 1. The van der Waals surface area contributed by atoms with Gasteiger partial charge in [0.2, 0.25) is 5.91 Å². The number of carbonyl (C=O) groups excluding carboxylic acids is 1. The molecule has 1 aromatic carbocycles. The predicted octanol–water partition coefficient (Wildman–Crippen LogP) is 2.75. The van der Waals surface area contributed by atoms with E-state index in [0.29, 0.717) is 18.0 Å². The highest BCUT2D eigenvalue weighted by Gasteiger charge is 2.23. The highest BCUT2D eigenvalue weighted by Crippen LogP contribution is 2.20. The molecule has 2 atom stereocenters. The van der Waals surface area contributed by atoms with Gasteiger partial charge in [0.1, 0.15) is 0 Å². The fourth-order valence-corrected chi connectivity index (χ4v) is 3.13. The number of hydrogen-bond donors (Lipinski definition) is 2. The zero-order valence-corrected chi connectivity index (χ0v) is 13.9. The molecule has 0 aliphatic carbocycles. The van der Waals surface area contributed by atoms with Crippen LogP contribution in [0.2, 0.25) is 5.02 Å². The monoisotopic (exact) mass is 324 g/mol. The average molecular weight is 325 g/mol. The van der Waals surface area contributed by atoms with Crippen molar-refractivity contribution in [3.05, 3.63) is 34.9 Å². The lowest BCUT2D eigenvalue weighted by atomic mass is 10.0. The van der Waals surface area contributed by atoms with E-state index in [0.717, 1.165) is 37.9 Å². The Morgan fingerprint density at radius 3 is 3.09 bits per heavy atom. The summed E-state index contributed by atoms with van der Waals surface area (Å²) in [5.74, 6) is 0.129. The quantitative estimate of drug-likeness (QED) is 0.846. The third-order valence-corrected chi connectivity index (χ3v) is 4.25. The van der Waals surface area contributed by atoms with E-state index < -0.39 is 6.10 Å². The molecule has 5 heteroatoms. The molecule has 2 unspecified atom stereocenters. The summed E-state index contributed by atoms with van der Waals surface area (Å²) in [4.78, 5) is 13.9. The van der Waals surface area contributed by atoms with Crippen LogP contribution in [-0.4, -0.2) is 41.6 Å². The van der Waals surface area contributed by atoms with Gasteiger partial charge in [-0.05, 0) is 43.5 Å². The van der Waals surface area contributed by atoms with Crippen LogP contribution in [0.5, 0.6) is 0 Å². The number of halogens is 1. The maximum Gasteiger partial charge on any atom is 0.220 e. The molecule has 22 heavy (non-hydrogen) atoms. The number of piperidine rings is 1. The van der Waals surface area contributed by atoms with Gasteiger partial charge in [-0.25, -0.2) is 0 Å². The summed E-state index contributed by atoms with van der Waals surface area (Å²) in [7, 11) is 0. The van der Waals surface area contributed by atoms with Crippen LogP contribution in [0.3, 0.4) is 0 Å². The molecule has 0 aromatic heterocycles. The normalized spacial score (nSPS) is 20.6. The third-order valence-electron chi connectivity index (χ3n) is 4.01. The molecule has 1 aliphatic heterocycles. The molecule has 1 heterocycles. The SMILES string of the molecule is CCCC(=O)NC1CCCN(CC(O)c2cccc(Cl)c2)C1. The first-order valence-electron chi connectivity index (χ1n) is 8.03. The number of hydrogen-bond acceptors (Lipinski definition) is 3. The Bertz CT molecular complexity index is 495. The first kappa shape index (κ1) is 17.3. The molecular formula is C17H25ClN2O2. The predicted molar refractivity (Wildman–Crippen MR) is 88.9 cm³/mol. The first-order valence-corrected chi connectivity index (χ1v) is 8.41. The van der Waals surface area contributed by atoms with Crippen LogP contribution in [0.15, 0.2) is 24.3 Å². The van der Waals surface area contributed by atoms with Gasteiger partial charge >= 0.3 is 0 Å². The minimum absolute atomic E-state index is 0.129. The van der Waals surface area contributed by atoms with Crippen molar-refractivity contribution in [2.24, 2.45) is 0 Å². The van der Waals surface area contributed by atoms with Crippen molar-refractivity contribution >= 4 is 17.5 Å². The van der Waals surface area contributed by atoms with Gasteiger partial charge in [0, 0.05) is 30.6 Å². The number of benzene rings is 1. The minimum Gasteiger partial charge on any atom is -0.387 e. The van der Waals surface area contributed by atoms with Gasteiger partial charge < -0.3 is 10.4 Å². The van der Waals surface area contributed by atoms with E-state index >= 15 is 0 Å². The minimum atomic E-state index is -0.552. The van der Waals surface area contributed by atoms with Crippen LogP contribution >= 0.6 is 11.6 Å². The molecular weight excluding hydrogens is 300 g/mol. The standard InChI is InChI=1S/C17H25ClN2O2/c1-2-5-17(22)19-15-8-4-9-20(11-15)12-16(21)13-6-3-7-14(18)10-13/h3,6-7,10,15-16,21H,2,4-5,8-9,11-12H2,1H3,(H,19,22). The fourth-order valence-electron chi connectivity index (χ4n) is 2.93. The second-order valence-electron chi connectivity index (χ2n) is 5.99. The summed E-state index contributed by atoms with van der Waals surface area (Å²) < 4.78 is 0. The van der Waals surface area contributed by atoms with Crippen LogP contribution in [0.4, 0.5) is 0 Å². The molecule has 0 radical (unpaired) electrons. The topological polar surface area (TPSA) is 52.6 Å². The smallest absolute Gasteiger partial charge is 0.220 e. The largest absolute Gasteiger partial charge is 0.387 e. The van der Waals surface area contributed by atoms with E-state index in [1.165, 1.54) is 0 Å². The Balaban J connectivity index is 1.85. The summed E-state index contributed by atoms with van der Waals surface area (Å²) in [5, 5.41) is 14.1. The molecule has 2 N–H and O–H groups in total. The second kappa shape index (κ2) is 8.51. The lowest BCUT2D eigenvalue weighted by molar-refractivity contribution is -0.122. The lowest BCUT2D eigenvalue weighted by Crippen LogP contribution is -2.48. The van der Waals surface area contributed by atoms with E-state index in [4.69, 9.17) is 11.6 Å². The number of rotatable bonds is 6. The first-order chi connectivity index (χ1) is 10.6. The van der Waals surface area contributed by atoms with Crippen molar-refractivity contribution in [2.75, 3.05) is 19.6 Å². The Hall–Kier alpha value is -1.10. The number of likely N-dealkylation sites (tertiary alicyclic amines) is 1. The van der Waals surface area contributed by atoms with Gasteiger partial charge in [-0.1, -0.05) is 30.7 Å². The van der Waals surface area contributed by atoms with E-state index in [-0.39, 0.29) is 11.9 Å². The molecule has 0 bridgehead atoms. The molecule has 1 amide bonds. The Morgan fingerprint density at radius 1 is 1.55 bits per heavy atom. The molecule has 1 fully saturated rings. The van der Waals surface area contributed by atoms with Crippen LogP contribution in [0.25, 0.3) is 0 Å². The van der Waals surface area contributed by atoms with Crippen LogP contribution in [0, 0.1) is 0 Å². The van der Waals surface area contributed by atoms with Crippen LogP contribution in [-0.2, 0) is 4.79 Å². The maximum atomic E-state index is 11.7. The fraction of sp³-hybridized carbons (Fsp3) is 0.588. The summed E-state index contributed by atoms with van der Waals surface area (Å²) in [6, 6.07) is 7.54. The number of aliphatic hydroxyl groups is 1. The van der Waals surface area contributed by atoms with Crippen LogP contribution < -0.4 is 5.32 Å². The number of nitrogens with zero attached hydrogens (tertiary/aromatic N) is 1. The molecule has 0 saturated carbocycles. The van der Waals surface area contributed by atoms with E-state index in [9.17, 15) is 9.90 Å². The Labute approximate surface area is 137 Å². The van der Waals surface area contributed by atoms with Gasteiger partial charge in [0.25, 0.3) is 0 Å². The number of aliphatic hydroxyl groups excluding tert-OH is 1. The Morgan fingerprint density at radius 2 is 2.36 bits per heavy atom. The lowest BCUT2D eigenvalue weighted by Gasteiger charge is -2.34. The Kier molecular flexibility index (Phi) is 6.68. The molecule has 1 saturated heterocycles. The van der Waals surface area contributed by atoms with Crippen molar-refractivity contribution in [3.8, 4) is 0 Å². The molecule has 0 spiro atoms. The number of β-amino-alcohol motifs (C(OH)–C–C–N with tert-alkyl or cyclic N) is 1. The maximum absolute atomic E-state index is 11.7. The summed E-state index contributed by atoms with van der Waals surface area (Å²) >= 11 is 5.97. The molecule has 1 aromatic rings. The summed E-state index contributed by atoms with van der Waals surface area (Å²) in [6.45, 7) is 4.33. The van der Waals surface area contributed by atoms with Crippen molar-refractivity contribution in [3.63, 3.8) is 0 Å². The summed E-state index contributed by atoms with van der Waals surface area (Å²) in [5.41, 5.74) is 0.838. The molecule has 1 aliphatic rings. The second-order valence-corrected chi connectivity index (χ2v) is 6.42. The molecule has 4 nitrogen and oxygen atoms in total. The van der Waals surface area contributed by atoms with Crippen molar-refractivity contribution in [2.45, 2.75) is 44.8 Å². The molecule has 122 valence electrons. The third kappa shape index (κ3) is 5.27. The highest BCUT2D eigenvalue weighted by atomic mass is 35.5. The van der Waals surface area contributed by atoms with Crippen molar-refractivity contribution < 1.29 is 9.90 Å². The van der Waals surface area contributed by atoms with E-state index in [1.807, 2.05) is 19.1 Å². The van der Waals surface area contributed by atoms with E-state index in [2.05, 4.69) is 10.2 Å². The van der Waals surface area contributed by atoms with Crippen LogP contribution in [0.1, 0.15) is 44.3 Å². The molecule has 2 rings (SSSR count). The number of amides is 1. The summed E-state index contributed by atoms with van der Waals surface area (Å²) in [6.07, 6.45) is 2.96.